The third-order valence-electron chi connectivity index (χ3n) is 5.78. The predicted octanol–water partition coefficient (Wildman–Crippen LogP) is 1.02. The molecule has 4 unspecified atom stereocenters. The van der Waals surface area contributed by atoms with Gasteiger partial charge in [-0.3, -0.25) is 14.4 Å². The molecular formula is C26H43N5O5S. The normalized spacial score (nSPS) is 14.3. The van der Waals surface area contributed by atoms with Gasteiger partial charge in [-0.2, -0.15) is 11.8 Å². The first kappa shape index (κ1) is 32.4. The lowest BCUT2D eigenvalue weighted by Gasteiger charge is -2.26. The Hall–Kier alpha value is -2.63. The Balaban J connectivity index is 2.94. The molecule has 3 amide bonds. The highest BCUT2D eigenvalue weighted by molar-refractivity contribution is 7.98. The summed E-state index contributed by atoms with van der Waals surface area (Å²) in [5, 5.41) is 17.5. The Morgan fingerprint density at radius 2 is 1.49 bits per heavy atom. The number of benzene rings is 1. The van der Waals surface area contributed by atoms with Crippen LogP contribution in [0.1, 0.15) is 51.5 Å². The third-order valence-corrected chi connectivity index (χ3v) is 6.42. The highest BCUT2D eigenvalue weighted by Crippen LogP contribution is 2.10. The number of carbonyl (C=O) groups excluding carboxylic acids is 3. The summed E-state index contributed by atoms with van der Waals surface area (Å²) in [5.74, 6) is -2.04. The molecule has 0 heterocycles. The summed E-state index contributed by atoms with van der Waals surface area (Å²) >= 11 is 1.48. The first-order valence-electron chi connectivity index (χ1n) is 12.7. The van der Waals surface area contributed by atoms with Crippen LogP contribution in [0.3, 0.4) is 0 Å². The van der Waals surface area contributed by atoms with Gasteiger partial charge in [0.1, 0.15) is 18.1 Å². The summed E-state index contributed by atoms with van der Waals surface area (Å²) in [4.78, 5) is 50.7. The van der Waals surface area contributed by atoms with E-state index in [0.29, 0.717) is 44.4 Å². The smallest absolute Gasteiger partial charge is 0.326 e. The van der Waals surface area contributed by atoms with E-state index in [-0.39, 0.29) is 12.3 Å². The Bertz CT molecular complexity index is 855. The van der Waals surface area contributed by atoms with E-state index in [1.165, 1.54) is 11.8 Å². The molecular weight excluding hydrogens is 494 g/mol. The van der Waals surface area contributed by atoms with Crippen molar-refractivity contribution in [3.8, 4) is 0 Å². The maximum Gasteiger partial charge on any atom is 0.326 e. The van der Waals surface area contributed by atoms with Crippen LogP contribution in [0.25, 0.3) is 0 Å². The molecule has 37 heavy (non-hydrogen) atoms. The highest BCUT2D eigenvalue weighted by Gasteiger charge is 2.30. The standard InChI is InChI=1S/C26H43N5O5S/c1-17(2)15-22(31-23(32)19(28)16-18-9-5-4-6-10-18)25(34)29-20(11-7-8-13-27)24(33)30-21(26(35)36)12-14-37-3/h4-6,9-10,17,19-22H,7-8,11-16,27-28H2,1-3H3,(H,29,34)(H,30,33)(H,31,32)(H,35,36). The Labute approximate surface area is 224 Å². The maximum absolute atomic E-state index is 13.2. The molecule has 0 bridgehead atoms. The average molecular weight is 538 g/mol. The van der Waals surface area contributed by atoms with Crippen molar-refractivity contribution < 1.29 is 24.3 Å². The predicted molar refractivity (Wildman–Crippen MR) is 147 cm³/mol. The monoisotopic (exact) mass is 537 g/mol. The minimum atomic E-state index is -1.13. The van der Waals surface area contributed by atoms with Crippen LogP contribution in [0.5, 0.6) is 0 Å². The second-order valence-electron chi connectivity index (χ2n) is 9.51. The van der Waals surface area contributed by atoms with Crippen LogP contribution in [0, 0.1) is 5.92 Å². The maximum atomic E-state index is 13.2. The van der Waals surface area contributed by atoms with Crippen LogP contribution in [-0.4, -0.2) is 71.5 Å². The number of carboxylic acids is 1. The van der Waals surface area contributed by atoms with Crippen LogP contribution < -0.4 is 27.4 Å². The highest BCUT2D eigenvalue weighted by atomic mass is 32.2. The van der Waals surface area contributed by atoms with Crippen molar-refractivity contribution in [3.05, 3.63) is 35.9 Å². The minimum Gasteiger partial charge on any atom is -0.480 e. The zero-order valence-electron chi connectivity index (χ0n) is 22.1. The fraction of sp³-hybridized carbons (Fsp3) is 0.615. The number of hydrogen-bond donors (Lipinski definition) is 6. The van der Waals surface area contributed by atoms with Gasteiger partial charge in [0.15, 0.2) is 0 Å². The van der Waals surface area contributed by atoms with Gasteiger partial charge in [-0.25, -0.2) is 4.79 Å². The summed E-state index contributed by atoms with van der Waals surface area (Å²) in [7, 11) is 0. The summed E-state index contributed by atoms with van der Waals surface area (Å²) in [6.07, 6.45) is 4.29. The number of amides is 3. The zero-order valence-corrected chi connectivity index (χ0v) is 22.9. The molecule has 0 aromatic heterocycles. The molecule has 1 rings (SSSR count). The molecule has 0 aliphatic carbocycles. The van der Waals surface area contributed by atoms with Gasteiger partial charge in [-0.05, 0) is 68.6 Å². The lowest BCUT2D eigenvalue weighted by atomic mass is 10.0. The first-order valence-corrected chi connectivity index (χ1v) is 14.1. The van der Waals surface area contributed by atoms with Gasteiger partial charge in [0.05, 0.1) is 6.04 Å². The van der Waals surface area contributed by atoms with Crippen molar-refractivity contribution in [2.75, 3.05) is 18.6 Å². The van der Waals surface area contributed by atoms with Crippen LogP contribution in [0.15, 0.2) is 30.3 Å². The third kappa shape index (κ3) is 12.9. The van der Waals surface area contributed by atoms with E-state index in [9.17, 15) is 24.3 Å². The fourth-order valence-electron chi connectivity index (χ4n) is 3.74. The Morgan fingerprint density at radius 3 is 2.05 bits per heavy atom. The van der Waals surface area contributed by atoms with E-state index >= 15 is 0 Å². The van der Waals surface area contributed by atoms with Gasteiger partial charge in [-0.1, -0.05) is 44.2 Å². The molecule has 0 aliphatic heterocycles. The Morgan fingerprint density at radius 1 is 0.892 bits per heavy atom. The van der Waals surface area contributed by atoms with Crippen LogP contribution in [0.2, 0.25) is 0 Å². The van der Waals surface area contributed by atoms with E-state index in [4.69, 9.17) is 11.5 Å². The number of rotatable bonds is 18. The summed E-state index contributed by atoms with van der Waals surface area (Å²) in [6.45, 7) is 4.27. The van der Waals surface area contributed by atoms with E-state index in [2.05, 4.69) is 16.0 Å². The molecule has 0 aliphatic rings. The summed E-state index contributed by atoms with van der Waals surface area (Å²) in [6, 6.07) is 5.59. The van der Waals surface area contributed by atoms with E-state index in [1.807, 2.05) is 50.4 Å². The number of carboxylic acid groups (broad SMARTS) is 1. The molecule has 10 nitrogen and oxygen atoms in total. The molecule has 0 saturated heterocycles. The van der Waals surface area contributed by atoms with E-state index in [1.54, 1.807) is 0 Å². The van der Waals surface area contributed by atoms with Gasteiger partial charge in [0, 0.05) is 0 Å². The van der Waals surface area contributed by atoms with Crippen molar-refractivity contribution in [3.63, 3.8) is 0 Å². The van der Waals surface area contributed by atoms with E-state index in [0.717, 1.165) is 5.56 Å². The van der Waals surface area contributed by atoms with Gasteiger partial charge < -0.3 is 32.5 Å². The summed E-state index contributed by atoms with van der Waals surface area (Å²) < 4.78 is 0. The van der Waals surface area contributed by atoms with Crippen LogP contribution >= 0.6 is 11.8 Å². The molecule has 208 valence electrons. The number of hydrogen-bond acceptors (Lipinski definition) is 7. The van der Waals surface area contributed by atoms with Crippen molar-refractivity contribution in [1.82, 2.24) is 16.0 Å². The molecule has 11 heteroatoms. The topological polar surface area (TPSA) is 177 Å². The van der Waals surface area contributed by atoms with Crippen molar-refractivity contribution in [2.45, 2.75) is 76.5 Å². The number of carbonyl (C=O) groups is 4. The lowest BCUT2D eigenvalue weighted by Crippen LogP contribution is -2.57. The first-order chi connectivity index (χ1) is 17.6. The quantitative estimate of drug-likeness (QED) is 0.150. The molecule has 1 aromatic carbocycles. The second kappa shape index (κ2) is 17.8. The number of aliphatic carboxylic acids is 1. The van der Waals surface area contributed by atoms with Crippen molar-refractivity contribution in [2.24, 2.45) is 17.4 Å². The lowest BCUT2D eigenvalue weighted by molar-refractivity contribution is -0.142. The second-order valence-corrected chi connectivity index (χ2v) is 10.5. The molecule has 8 N–H and O–H groups in total. The molecule has 4 atom stereocenters. The minimum absolute atomic E-state index is 0.0776. The number of thioether (sulfide) groups is 1. The molecule has 1 aromatic rings. The van der Waals surface area contributed by atoms with E-state index < -0.39 is 47.9 Å². The summed E-state index contributed by atoms with van der Waals surface area (Å²) in [5.41, 5.74) is 12.6. The van der Waals surface area contributed by atoms with Gasteiger partial charge >= 0.3 is 5.97 Å². The zero-order chi connectivity index (χ0) is 27.8. The van der Waals surface area contributed by atoms with Crippen LogP contribution in [0.4, 0.5) is 0 Å². The fourth-order valence-corrected chi connectivity index (χ4v) is 4.21. The van der Waals surface area contributed by atoms with Gasteiger partial charge in [0.25, 0.3) is 0 Å². The van der Waals surface area contributed by atoms with Crippen molar-refractivity contribution >= 4 is 35.5 Å². The number of unbranched alkanes of at least 4 members (excludes halogenated alkanes) is 1. The Kier molecular flexibility index (Phi) is 15.6. The molecule has 0 radical (unpaired) electrons. The average Bonchev–Trinajstić information content (AvgIpc) is 2.85. The van der Waals surface area contributed by atoms with Crippen molar-refractivity contribution in [1.29, 1.82) is 0 Å². The largest absolute Gasteiger partial charge is 0.480 e. The SMILES string of the molecule is CSCCC(NC(=O)C(CCCCN)NC(=O)C(CC(C)C)NC(=O)C(N)Cc1ccccc1)C(=O)O. The number of nitrogens with one attached hydrogen (secondary N) is 3. The number of nitrogens with two attached hydrogens (primary N) is 2. The van der Waals surface area contributed by atoms with Gasteiger partial charge in [-0.15, -0.1) is 0 Å². The van der Waals surface area contributed by atoms with Gasteiger partial charge in [0.2, 0.25) is 17.7 Å². The molecule has 0 fully saturated rings. The van der Waals surface area contributed by atoms with Crippen LogP contribution in [-0.2, 0) is 25.6 Å². The molecule has 0 saturated carbocycles. The molecule has 0 spiro atoms.